The maximum Gasteiger partial charge on any atom is 0.410 e. The number of carbonyl (C=O) groups is 2. The summed E-state index contributed by atoms with van der Waals surface area (Å²) in [6, 6.07) is 0. The second-order valence-corrected chi connectivity index (χ2v) is 9.15. The first kappa shape index (κ1) is 20.0. The van der Waals surface area contributed by atoms with E-state index >= 15 is 0 Å². The van der Waals surface area contributed by atoms with Crippen molar-refractivity contribution in [3.8, 4) is 0 Å². The van der Waals surface area contributed by atoms with E-state index in [-0.39, 0.29) is 11.6 Å². The molecule has 2 fully saturated rings. The third kappa shape index (κ3) is 5.07. The van der Waals surface area contributed by atoms with Crippen molar-refractivity contribution in [1.82, 2.24) is 9.80 Å². The maximum absolute atomic E-state index is 12.2. The Hall–Kier alpha value is -1.34. The fourth-order valence-electron chi connectivity index (χ4n) is 3.33. The molecule has 0 unspecified atom stereocenters. The van der Waals surface area contributed by atoms with Crippen LogP contribution in [0, 0.1) is 0 Å². The van der Waals surface area contributed by atoms with Crippen LogP contribution in [0.3, 0.4) is 0 Å². The van der Waals surface area contributed by atoms with E-state index in [9.17, 15) is 14.7 Å². The van der Waals surface area contributed by atoms with Crippen LogP contribution in [0.5, 0.6) is 0 Å². The van der Waals surface area contributed by atoms with E-state index in [2.05, 4.69) is 25.7 Å². The minimum absolute atomic E-state index is 0.132. The maximum atomic E-state index is 12.2. The molecular formula is C18H32N2O5. The van der Waals surface area contributed by atoms with E-state index < -0.39 is 23.3 Å². The lowest BCUT2D eigenvalue weighted by Crippen LogP contribution is -2.64. The Kier molecular flexibility index (Phi) is 5.40. The van der Waals surface area contributed by atoms with Crippen LogP contribution in [0.15, 0.2) is 0 Å². The van der Waals surface area contributed by atoms with Gasteiger partial charge >= 0.3 is 12.1 Å². The summed E-state index contributed by atoms with van der Waals surface area (Å²) in [5, 5.41) is 9.47. The third-order valence-electron chi connectivity index (χ3n) is 4.81. The van der Waals surface area contributed by atoms with Crippen LogP contribution < -0.4 is 0 Å². The van der Waals surface area contributed by atoms with Gasteiger partial charge in [0.1, 0.15) is 5.60 Å². The highest BCUT2D eigenvalue weighted by Crippen LogP contribution is 2.35. The Morgan fingerprint density at radius 1 is 1.12 bits per heavy atom. The van der Waals surface area contributed by atoms with Crippen LogP contribution in [0.4, 0.5) is 4.79 Å². The van der Waals surface area contributed by atoms with Crippen molar-refractivity contribution in [2.24, 2.45) is 0 Å². The molecule has 2 aliphatic rings. The number of morpholine rings is 1. The topological polar surface area (TPSA) is 79.3 Å². The first-order valence-corrected chi connectivity index (χ1v) is 8.95. The molecule has 1 spiro atoms. The second-order valence-electron chi connectivity index (χ2n) is 9.15. The van der Waals surface area contributed by atoms with E-state index in [0.717, 1.165) is 0 Å². The predicted octanol–water partition coefficient (Wildman–Crippen LogP) is 2.34. The van der Waals surface area contributed by atoms with Crippen molar-refractivity contribution in [1.29, 1.82) is 0 Å². The summed E-state index contributed by atoms with van der Waals surface area (Å²) in [6.07, 6.45) is 0.0762. The summed E-state index contributed by atoms with van der Waals surface area (Å²) in [5.41, 5.74) is -1.18. The summed E-state index contributed by atoms with van der Waals surface area (Å²) in [4.78, 5) is 27.7. The highest BCUT2D eigenvalue weighted by Gasteiger charge is 2.48. The Morgan fingerprint density at radius 3 is 2.12 bits per heavy atom. The number of carboxylic acids is 1. The average molecular weight is 356 g/mol. The number of ether oxygens (including phenoxy) is 2. The van der Waals surface area contributed by atoms with Crippen molar-refractivity contribution in [2.75, 3.05) is 26.2 Å². The van der Waals surface area contributed by atoms with Gasteiger partial charge in [0.15, 0.2) is 6.10 Å². The lowest BCUT2D eigenvalue weighted by molar-refractivity contribution is -0.203. The van der Waals surface area contributed by atoms with Gasteiger partial charge in [-0.25, -0.2) is 9.59 Å². The number of likely N-dealkylation sites (tertiary alicyclic amines) is 1. The summed E-state index contributed by atoms with van der Waals surface area (Å²) in [7, 11) is 0. The fourth-order valence-corrected chi connectivity index (χ4v) is 3.33. The van der Waals surface area contributed by atoms with E-state index in [0.29, 0.717) is 39.0 Å². The van der Waals surface area contributed by atoms with E-state index in [1.54, 1.807) is 4.90 Å². The number of amides is 1. The van der Waals surface area contributed by atoms with Crippen molar-refractivity contribution in [2.45, 2.75) is 77.2 Å². The number of hydrogen-bond acceptors (Lipinski definition) is 5. The molecule has 2 heterocycles. The van der Waals surface area contributed by atoms with Gasteiger partial charge in [-0.1, -0.05) is 0 Å². The number of hydrogen-bond donors (Lipinski definition) is 1. The van der Waals surface area contributed by atoms with Gasteiger partial charge in [0.25, 0.3) is 0 Å². The summed E-state index contributed by atoms with van der Waals surface area (Å²) < 4.78 is 11.4. The van der Waals surface area contributed by atoms with Gasteiger partial charge in [0.05, 0.1) is 5.60 Å². The largest absolute Gasteiger partial charge is 0.479 e. The van der Waals surface area contributed by atoms with E-state index in [1.165, 1.54) is 0 Å². The molecule has 0 aromatic carbocycles. The van der Waals surface area contributed by atoms with Gasteiger partial charge in [-0.2, -0.15) is 0 Å². The van der Waals surface area contributed by atoms with Crippen molar-refractivity contribution in [3.63, 3.8) is 0 Å². The van der Waals surface area contributed by atoms with Gasteiger partial charge in [0, 0.05) is 31.7 Å². The molecule has 1 atom stereocenters. The smallest absolute Gasteiger partial charge is 0.410 e. The van der Waals surface area contributed by atoms with Crippen LogP contribution in [0.1, 0.15) is 54.4 Å². The van der Waals surface area contributed by atoms with Crippen molar-refractivity contribution >= 4 is 12.1 Å². The molecule has 1 amide bonds. The highest BCUT2D eigenvalue weighted by atomic mass is 16.6. The van der Waals surface area contributed by atoms with Gasteiger partial charge in [-0.15, -0.1) is 0 Å². The SMILES string of the molecule is CC(C)(C)OC(=O)N1CCC2(CC1)CN(C(C)(C)C)C[C@H](C(=O)O)O2. The average Bonchev–Trinajstić information content (AvgIpc) is 2.44. The third-order valence-corrected chi connectivity index (χ3v) is 4.81. The van der Waals surface area contributed by atoms with E-state index in [1.807, 2.05) is 20.8 Å². The number of nitrogens with zero attached hydrogens (tertiary/aromatic N) is 2. The standard InChI is InChI=1S/C18H32N2O5/c1-16(2,3)20-11-13(14(21)22)24-18(12-20)7-9-19(10-8-18)15(23)25-17(4,5)6/h13H,7-12H2,1-6H3,(H,21,22)/t13-/m1/s1. The summed E-state index contributed by atoms with van der Waals surface area (Å²) >= 11 is 0. The van der Waals surface area contributed by atoms with Gasteiger partial charge in [0.2, 0.25) is 0 Å². The molecule has 0 bridgehead atoms. The molecule has 0 radical (unpaired) electrons. The minimum Gasteiger partial charge on any atom is -0.479 e. The zero-order valence-corrected chi connectivity index (χ0v) is 16.3. The predicted molar refractivity (Wildman–Crippen MR) is 93.6 cm³/mol. The Labute approximate surface area is 150 Å². The molecule has 2 rings (SSSR count). The molecule has 0 aromatic rings. The quantitative estimate of drug-likeness (QED) is 0.777. The van der Waals surface area contributed by atoms with Gasteiger partial charge in [-0.05, 0) is 54.4 Å². The molecule has 7 heteroatoms. The lowest BCUT2D eigenvalue weighted by Gasteiger charge is -2.52. The van der Waals surface area contributed by atoms with Gasteiger partial charge in [-0.3, -0.25) is 4.90 Å². The van der Waals surface area contributed by atoms with Crippen LogP contribution in [0.2, 0.25) is 0 Å². The molecule has 0 aliphatic carbocycles. The molecule has 0 saturated carbocycles. The number of piperidine rings is 1. The fraction of sp³-hybridized carbons (Fsp3) is 0.889. The lowest BCUT2D eigenvalue weighted by atomic mass is 9.86. The van der Waals surface area contributed by atoms with Crippen LogP contribution in [0.25, 0.3) is 0 Å². The van der Waals surface area contributed by atoms with Crippen molar-refractivity contribution in [3.05, 3.63) is 0 Å². The summed E-state index contributed by atoms with van der Waals surface area (Å²) in [6.45, 7) is 13.9. The zero-order valence-electron chi connectivity index (χ0n) is 16.3. The van der Waals surface area contributed by atoms with Gasteiger partial charge < -0.3 is 19.5 Å². The highest BCUT2D eigenvalue weighted by molar-refractivity contribution is 5.73. The molecule has 1 N–H and O–H groups in total. The minimum atomic E-state index is -0.928. The first-order chi connectivity index (χ1) is 11.3. The molecule has 144 valence electrons. The number of carbonyl (C=O) groups excluding carboxylic acids is 1. The van der Waals surface area contributed by atoms with Crippen LogP contribution >= 0.6 is 0 Å². The number of aliphatic carboxylic acids is 1. The molecule has 0 aromatic heterocycles. The second kappa shape index (κ2) is 6.76. The first-order valence-electron chi connectivity index (χ1n) is 8.95. The number of rotatable bonds is 1. The molecule has 2 aliphatic heterocycles. The Balaban J connectivity index is 2.06. The monoisotopic (exact) mass is 356 g/mol. The van der Waals surface area contributed by atoms with E-state index in [4.69, 9.17) is 9.47 Å². The molecule has 2 saturated heterocycles. The Bertz CT molecular complexity index is 513. The molecule has 25 heavy (non-hydrogen) atoms. The summed E-state index contributed by atoms with van der Waals surface area (Å²) in [5.74, 6) is -0.928. The van der Waals surface area contributed by atoms with Crippen molar-refractivity contribution < 1.29 is 24.2 Å². The number of carboxylic acid groups (broad SMARTS) is 1. The van der Waals surface area contributed by atoms with Crippen LogP contribution in [-0.4, -0.2) is 76.0 Å². The van der Waals surface area contributed by atoms with Crippen LogP contribution in [-0.2, 0) is 14.3 Å². The molecule has 7 nitrogen and oxygen atoms in total. The zero-order chi connectivity index (χ0) is 19.0. The Morgan fingerprint density at radius 2 is 1.68 bits per heavy atom. The normalized spacial score (nSPS) is 25.0. The molecular weight excluding hydrogens is 324 g/mol.